The molecule has 0 atom stereocenters. The first-order valence-corrected chi connectivity index (χ1v) is 10.2. The Labute approximate surface area is 188 Å². The number of halogens is 2. The lowest BCUT2D eigenvalue weighted by molar-refractivity contribution is -0.121. The molecule has 1 heterocycles. The Morgan fingerprint density at radius 1 is 1.26 bits per heavy atom. The number of ether oxygens (including phenoxy) is 2. The van der Waals surface area contributed by atoms with E-state index in [4.69, 9.17) is 9.47 Å². The molecule has 7 nitrogen and oxygen atoms in total. The molecule has 0 fully saturated rings. The predicted octanol–water partition coefficient (Wildman–Crippen LogP) is 4.14. The molecule has 0 unspecified atom stereocenters. The molecule has 31 heavy (non-hydrogen) atoms. The number of hydrogen-bond donors (Lipinski definition) is 1. The molecule has 0 aliphatic carbocycles. The Morgan fingerprint density at radius 3 is 2.71 bits per heavy atom. The van der Waals surface area contributed by atoms with Crippen LogP contribution in [0, 0.1) is 19.7 Å². The molecule has 1 N–H and O–H groups in total. The molecule has 3 rings (SSSR count). The van der Waals surface area contributed by atoms with E-state index in [1.165, 1.54) is 19.4 Å². The van der Waals surface area contributed by atoms with Crippen LogP contribution in [-0.4, -0.2) is 29.0 Å². The molecule has 0 spiro atoms. The Kier molecular flexibility index (Phi) is 7.41. The third kappa shape index (κ3) is 5.69. The molecular formula is C22H22BrFN4O3. The maximum absolute atomic E-state index is 13.8. The maximum atomic E-state index is 13.8. The molecule has 9 heteroatoms. The van der Waals surface area contributed by atoms with Gasteiger partial charge in [0, 0.05) is 5.56 Å². The number of methoxy groups -OCH3 is 1. The highest BCUT2D eigenvalue weighted by atomic mass is 79.9. The second-order valence-corrected chi connectivity index (χ2v) is 7.52. The summed E-state index contributed by atoms with van der Waals surface area (Å²) in [5.74, 6) is 0.320. The van der Waals surface area contributed by atoms with Crippen molar-refractivity contribution in [3.8, 4) is 11.5 Å². The van der Waals surface area contributed by atoms with Crippen molar-refractivity contribution in [2.75, 3.05) is 7.11 Å². The van der Waals surface area contributed by atoms with Crippen LogP contribution in [-0.2, 0) is 17.9 Å². The molecule has 0 radical (unpaired) electrons. The Morgan fingerprint density at radius 2 is 2.03 bits per heavy atom. The number of hydrogen-bond acceptors (Lipinski definition) is 5. The first kappa shape index (κ1) is 22.5. The topological polar surface area (TPSA) is 77.7 Å². The summed E-state index contributed by atoms with van der Waals surface area (Å²) < 4.78 is 27.3. The number of amides is 1. The summed E-state index contributed by atoms with van der Waals surface area (Å²) in [4.78, 5) is 12.1. The molecule has 1 aromatic heterocycles. The van der Waals surface area contributed by atoms with Crippen LogP contribution in [0.5, 0.6) is 11.5 Å². The van der Waals surface area contributed by atoms with Crippen LogP contribution in [0.4, 0.5) is 4.39 Å². The van der Waals surface area contributed by atoms with E-state index in [2.05, 4.69) is 31.6 Å². The van der Waals surface area contributed by atoms with E-state index >= 15 is 0 Å². The number of aromatic nitrogens is 2. The molecule has 0 saturated carbocycles. The minimum atomic E-state index is -0.325. The number of rotatable bonds is 8. The summed E-state index contributed by atoms with van der Waals surface area (Å²) in [7, 11) is 1.51. The van der Waals surface area contributed by atoms with Crippen molar-refractivity contribution in [1.29, 1.82) is 0 Å². The molecule has 2 aromatic carbocycles. The average molecular weight is 489 g/mol. The minimum absolute atomic E-state index is 0.0573. The van der Waals surface area contributed by atoms with Gasteiger partial charge in [0.15, 0.2) is 11.5 Å². The minimum Gasteiger partial charge on any atom is -0.493 e. The van der Waals surface area contributed by atoms with Gasteiger partial charge < -0.3 is 9.47 Å². The van der Waals surface area contributed by atoms with Crippen LogP contribution < -0.4 is 14.9 Å². The summed E-state index contributed by atoms with van der Waals surface area (Å²) in [5.41, 5.74) is 5.32. The van der Waals surface area contributed by atoms with Crippen LogP contribution in [0.1, 0.15) is 22.5 Å². The van der Waals surface area contributed by atoms with E-state index in [1.807, 2.05) is 13.8 Å². The number of aryl methyl sites for hydroxylation is 1. The molecule has 0 aliphatic heterocycles. The van der Waals surface area contributed by atoms with Gasteiger partial charge >= 0.3 is 0 Å². The SMILES string of the molecule is COc1cc(C=NNC(=O)Cn2nc(C)c(Br)c2C)ccc1OCc1ccccc1F. The number of nitrogens with zero attached hydrogens (tertiary/aromatic N) is 3. The largest absolute Gasteiger partial charge is 0.493 e. The van der Waals surface area contributed by atoms with E-state index in [0.29, 0.717) is 22.6 Å². The fourth-order valence-corrected chi connectivity index (χ4v) is 3.12. The second-order valence-electron chi connectivity index (χ2n) is 6.73. The van der Waals surface area contributed by atoms with Crippen molar-refractivity contribution in [1.82, 2.24) is 15.2 Å². The molecule has 0 aliphatic rings. The fraction of sp³-hybridized carbons (Fsp3) is 0.227. The van der Waals surface area contributed by atoms with Crippen LogP contribution >= 0.6 is 15.9 Å². The van der Waals surface area contributed by atoms with Gasteiger partial charge in [-0.1, -0.05) is 18.2 Å². The summed E-state index contributed by atoms with van der Waals surface area (Å²) in [6.07, 6.45) is 1.50. The average Bonchev–Trinajstić information content (AvgIpc) is 3.00. The van der Waals surface area contributed by atoms with Gasteiger partial charge in [0.25, 0.3) is 5.91 Å². The lowest BCUT2D eigenvalue weighted by Gasteiger charge is -2.11. The third-order valence-corrected chi connectivity index (χ3v) is 5.67. The number of benzene rings is 2. The maximum Gasteiger partial charge on any atom is 0.261 e. The molecule has 0 bridgehead atoms. The van der Waals surface area contributed by atoms with Gasteiger partial charge in [0.1, 0.15) is 19.0 Å². The van der Waals surface area contributed by atoms with Crippen molar-refractivity contribution < 1.29 is 18.7 Å². The van der Waals surface area contributed by atoms with Gasteiger partial charge in [-0.3, -0.25) is 9.48 Å². The fourth-order valence-electron chi connectivity index (χ4n) is 2.83. The van der Waals surface area contributed by atoms with Crippen molar-refractivity contribution in [2.24, 2.45) is 5.10 Å². The Balaban J connectivity index is 1.60. The Hall–Kier alpha value is -3.20. The van der Waals surface area contributed by atoms with Crippen LogP contribution in [0.3, 0.4) is 0 Å². The quantitative estimate of drug-likeness (QED) is 0.381. The molecule has 3 aromatic rings. The third-order valence-electron chi connectivity index (χ3n) is 4.52. The standard InChI is InChI=1S/C22H22BrFN4O3/c1-14-22(23)15(2)28(27-14)12-21(29)26-25-11-16-8-9-19(20(10-16)30-3)31-13-17-6-4-5-7-18(17)24/h4-11H,12-13H2,1-3H3,(H,26,29). The second kappa shape index (κ2) is 10.2. The van der Waals surface area contributed by atoms with Gasteiger partial charge in [-0.05, 0) is 59.6 Å². The normalized spacial score (nSPS) is 11.0. The van der Waals surface area contributed by atoms with Gasteiger partial charge in [0.2, 0.25) is 0 Å². The highest BCUT2D eigenvalue weighted by Crippen LogP contribution is 2.28. The molecule has 0 saturated heterocycles. The van der Waals surface area contributed by atoms with Gasteiger partial charge in [-0.2, -0.15) is 10.2 Å². The smallest absolute Gasteiger partial charge is 0.261 e. The van der Waals surface area contributed by atoms with E-state index in [9.17, 15) is 9.18 Å². The van der Waals surface area contributed by atoms with Crippen LogP contribution in [0.25, 0.3) is 0 Å². The zero-order valence-corrected chi connectivity index (χ0v) is 18.9. The first-order valence-electron chi connectivity index (χ1n) is 9.44. The van der Waals surface area contributed by atoms with Crippen molar-refractivity contribution in [3.05, 3.63) is 75.3 Å². The summed E-state index contributed by atoms with van der Waals surface area (Å²) in [6.45, 7) is 3.88. The number of carbonyl (C=O) groups is 1. The summed E-state index contributed by atoms with van der Waals surface area (Å²) >= 11 is 3.43. The monoisotopic (exact) mass is 488 g/mol. The van der Waals surface area contributed by atoms with Gasteiger partial charge in [-0.15, -0.1) is 0 Å². The zero-order valence-electron chi connectivity index (χ0n) is 17.4. The lowest BCUT2D eigenvalue weighted by Crippen LogP contribution is -2.24. The predicted molar refractivity (Wildman–Crippen MR) is 119 cm³/mol. The molecule has 1 amide bonds. The molecule has 162 valence electrons. The summed E-state index contributed by atoms with van der Waals surface area (Å²) in [6, 6.07) is 11.6. The first-order chi connectivity index (χ1) is 14.9. The van der Waals surface area contributed by atoms with E-state index in [-0.39, 0.29) is 24.9 Å². The number of hydrazone groups is 1. The van der Waals surface area contributed by atoms with E-state index < -0.39 is 0 Å². The Bertz CT molecular complexity index is 1110. The van der Waals surface area contributed by atoms with E-state index in [0.717, 1.165) is 15.9 Å². The van der Waals surface area contributed by atoms with E-state index in [1.54, 1.807) is 41.1 Å². The summed E-state index contributed by atoms with van der Waals surface area (Å²) in [5, 5.41) is 8.28. The van der Waals surface area contributed by atoms with Gasteiger partial charge in [0.05, 0.1) is 29.2 Å². The highest BCUT2D eigenvalue weighted by Gasteiger charge is 2.11. The lowest BCUT2D eigenvalue weighted by atomic mass is 10.2. The van der Waals surface area contributed by atoms with Crippen LogP contribution in [0.2, 0.25) is 0 Å². The highest BCUT2D eigenvalue weighted by molar-refractivity contribution is 9.10. The van der Waals surface area contributed by atoms with Crippen molar-refractivity contribution >= 4 is 28.1 Å². The zero-order chi connectivity index (χ0) is 22.4. The number of carbonyl (C=O) groups excluding carboxylic acids is 1. The number of nitrogens with one attached hydrogen (secondary N) is 1. The van der Waals surface area contributed by atoms with Crippen LogP contribution in [0.15, 0.2) is 52.0 Å². The molecular weight excluding hydrogens is 467 g/mol. The van der Waals surface area contributed by atoms with Crippen molar-refractivity contribution in [3.63, 3.8) is 0 Å². The van der Waals surface area contributed by atoms with Crippen molar-refractivity contribution in [2.45, 2.75) is 27.0 Å². The van der Waals surface area contributed by atoms with Gasteiger partial charge in [-0.25, -0.2) is 9.82 Å².